The lowest BCUT2D eigenvalue weighted by Crippen LogP contribution is -2.15. The molecule has 1 aromatic heterocycles. The standard InChI is InChI=1S/C7H9ClN2O2/c1-4(11)7(12)5-2-9-3-6(8)10-5/h2-4,7,11-12H,1H3/t4-,7+/m0/s1. The third-order valence-electron chi connectivity index (χ3n) is 1.38. The Morgan fingerprint density at radius 1 is 1.42 bits per heavy atom. The van der Waals surface area contributed by atoms with E-state index in [1.54, 1.807) is 0 Å². The van der Waals surface area contributed by atoms with Gasteiger partial charge in [-0.15, -0.1) is 0 Å². The number of nitrogens with zero attached hydrogens (tertiary/aromatic N) is 2. The SMILES string of the molecule is C[C@H](O)[C@@H](O)c1cncc(Cl)n1. The maximum atomic E-state index is 9.31. The van der Waals surface area contributed by atoms with Gasteiger partial charge in [-0.2, -0.15) is 0 Å². The van der Waals surface area contributed by atoms with Crippen LogP contribution in [0.3, 0.4) is 0 Å². The van der Waals surface area contributed by atoms with Crippen molar-refractivity contribution < 1.29 is 10.2 Å². The molecular formula is C7H9ClN2O2. The molecule has 0 amide bonds. The Morgan fingerprint density at radius 3 is 2.58 bits per heavy atom. The number of halogens is 1. The van der Waals surface area contributed by atoms with Crippen LogP contribution in [0, 0.1) is 0 Å². The van der Waals surface area contributed by atoms with E-state index in [0.29, 0.717) is 0 Å². The minimum atomic E-state index is -1.03. The Labute approximate surface area is 74.9 Å². The summed E-state index contributed by atoms with van der Waals surface area (Å²) in [6.45, 7) is 1.47. The molecule has 2 N–H and O–H groups in total. The summed E-state index contributed by atoms with van der Waals surface area (Å²) in [6.07, 6.45) is 0.817. The van der Waals surface area contributed by atoms with E-state index >= 15 is 0 Å². The second-order valence-corrected chi connectivity index (χ2v) is 2.84. The lowest BCUT2D eigenvalue weighted by atomic mass is 10.2. The van der Waals surface area contributed by atoms with Gasteiger partial charge < -0.3 is 10.2 Å². The van der Waals surface area contributed by atoms with Gasteiger partial charge in [0.2, 0.25) is 0 Å². The Morgan fingerprint density at radius 2 is 2.08 bits per heavy atom. The monoisotopic (exact) mass is 188 g/mol. The molecule has 0 aliphatic carbocycles. The zero-order chi connectivity index (χ0) is 9.14. The number of hydrogen-bond acceptors (Lipinski definition) is 4. The van der Waals surface area contributed by atoms with Crippen LogP contribution in [0.2, 0.25) is 5.15 Å². The van der Waals surface area contributed by atoms with E-state index in [1.807, 2.05) is 0 Å². The number of aliphatic hydroxyl groups excluding tert-OH is 2. The maximum Gasteiger partial charge on any atom is 0.147 e. The second kappa shape index (κ2) is 3.80. The summed E-state index contributed by atoms with van der Waals surface area (Å²) in [5, 5.41) is 18.5. The summed E-state index contributed by atoms with van der Waals surface area (Å²) in [5.41, 5.74) is 0.275. The molecule has 5 heteroatoms. The van der Waals surface area contributed by atoms with Crippen molar-refractivity contribution in [3.63, 3.8) is 0 Å². The average Bonchev–Trinajstić information content (AvgIpc) is 2.03. The Bertz CT molecular complexity index is 267. The summed E-state index contributed by atoms with van der Waals surface area (Å²) >= 11 is 5.53. The van der Waals surface area contributed by atoms with Crippen LogP contribution in [0.25, 0.3) is 0 Å². The summed E-state index contributed by atoms with van der Waals surface area (Å²) in [5.74, 6) is 0. The molecule has 12 heavy (non-hydrogen) atoms. The van der Waals surface area contributed by atoms with Gasteiger partial charge in [-0.3, -0.25) is 4.98 Å². The van der Waals surface area contributed by atoms with Crippen molar-refractivity contribution in [2.45, 2.75) is 19.1 Å². The van der Waals surface area contributed by atoms with Gasteiger partial charge in [-0.05, 0) is 6.92 Å². The van der Waals surface area contributed by atoms with Gasteiger partial charge in [0.25, 0.3) is 0 Å². The smallest absolute Gasteiger partial charge is 0.147 e. The van der Waals surface area contributed by atoms with Crippen molar-refractivity contribution in [3.05, 3.63) is 23.2 Å². The predicted octanol–water partition coefficient (Wildman–Crippen LogP) is 0.544. The molecule has 2 atom stereocenters. The van der Waals surface area contributed by atoms with E-state index in [-0.39, 0.29) is 10.8 Å². The third kappa shape index (κ3) is 2.14. The highest BCUT2D eigenvalue weighted by molar-refractivity contribution is 6.29. The van der Waals surface area contributed by atoms with E-state index < -0.39 is 12.2 Å². The van der Waals surface area contributed by atoms with Crippen molar-refractivity contribution in [2.24, 2.45) is 0 Å². The minimum Gasteiger partial charge on any atom is -0.390 e. The second-order valence-electron chi connectivity index (χ2n) is 2.45. The molecule has 0 radical (unpaired) electrons. The van der Waals surface area contributed by atoms with Gasteiger partial charge in [0.15, 0.2) is 0 Å². The topological polar surface area (TPSA) is 66.2 Å². The lowest BCUT2D eigenvalue weighted by molar-refractivity contribution is 0.0276. The van der Waals surface area contributed by atoms with Crippen molar-refractivity contribution in [1.82, 2.24) is 9.97 Å². The molecule has 0 fully saturated rings. The first kappa shape index (κ1) is 9.38. The van der Waals surface area contributed by atoms with Crippen molar-refractivity contribution >= 4 is 11.6 Å². The first-order valence-electron chi connectivity index (χ1n) is 3.45. The zero-order valence-electron chi connectivity index (χ0n) is 6.48. The molecule has 0 aromatic carbocycles. The number of aromatic nitrogens is 2. The molecule has 1 aromatic rings. The zero-order valence-corrected chi connectivity index (χ0v) is 7.23. The molecule has 1 heterocycles. The van der Waals surface area contributed by atoms with Gasteiger partial charge in [0.05, 0.1) is 24.2 Å². The van der Waals surface area contributed by atoms with E-state index in [4.69, 9.17) is 16.7 Å². The lowest BCUT2D eigenvalue weighted by Gasteiger charge is -2.11. The highest BCUT2D eigenvalue weighted by Crippen LogP contribution is 2.14. The van der Waals surface area contributed by atoms with Crippen LogP contribution in [0.4, 0.5) is 0 Å². The highest BCUT2D eigenvalue weighted by Gasteiger charge is 2.15. The predicted molar refractivity (Wildman–Crippen MR) is 43.7 cm³/mol. The molecule has 0 saturated carbocycles. The molecule has 0 aliphatic heterocycles. The molecule has 0 unspecified atom stereocenters. The van der Waals surface area contributed by atoms with Crippen LogP contribution in [0.5, 0.6) is 0 Å². The Balaban J connectivity index is 2.88. The molecule has 1 rings (SSSR count). The van der Waals surface area contributed by atoms with Crippen molar-refractivity contribution in [3.8, 4) is 0 Å². The summed E-state index contributed by atoms with van der Waals surface area (Å²) in [4.78, 5) is 7.51. The fourth-order valence-corrected chi connectivity index (χ4v) is 0.900. The van der Waals surface area contributed by atoms with Crippen LogP contribution in [-0.2, 0) is 0 Å². The van der Waals surface area contributed by atoms with Crippen LogP contribution >= 0.6 is 11.6 Å². The van der Waals surface area contributed by atoms with Gasteiger partial charge in [-0.1, -0.05) is 11.6 Å². The molecule has 0 aliphatic rings. The fourth-order valence-electron chi connectivity index (χ4n) is 0.746. The Hall–Kier alpha value is -0.710. The van der Waals surface area contributed by atoms with E-state index in [1.165, 1.54) is 19.3 Å². The van der Waals surface area contributed by atoms with Crippen LogP contribution in [-0.4, -0.2) is 26.3 Å². The number of aliphatic hydroxyl groups is 2. The quantitative estimate of drug-likeness (QED) is 0.711. The van der Waals surface area contributed by atoms with Gasteiger partial charge in [-0.25, -0.2) is 4.98 Å². The van der Waals surface area contributed by atoms with E-state index in [0.717, 1.165) is 0 Å². The minimum absolute atomic E-state index is 0.201. The first-order chi connectivity index (χ1) is 5.61. The van der Waals surface area contributed by atoms with Gasteiger partial charge >= 0.3 is 0 Å². The molecular weight excluding hydrogens is 180 g/mol. The van der Waals surface area contributed by atoms with Crippen LogP contribution in [0.15, 0.2) is 12.4 Å². The summed E-state index contributed by atoms with van der Waals surface area (Å²) < 4.78 is 0. The molecule has 0 bridgehead atoms. The number of rotatable bonds is 2. The third-order valence-corrected chi connectivity index (χ3v) is 1.57. The van der Waals surface area contributed by atoms with Gasteiger partial charge in [0.1, 0.15) is 11.3 Å². The van der Waals surface area contributed by atoms with E-state index in [2.05, 4.69) is 9.97 Å². The average molecular weight is 189 g/mol. The number of hydrogen-bond donors (Lipinski definition) is 2. The van der Waals surface area contributed by atoms with Crippen molar-refractivity contribution in [1.29, 1.82) is 0 Å². The van der Waals surface area contributed by atoms with Crippen LogP contribution < -0.4 is 0 Å². The summed E-state index contributed by atoms with van der Waals surface area (Å²) in [6, 6.07) is 0. The fraction of sp³-hybridized carbons (Fsp3) is 0.429. The van der Waals surface area contributed by atoms with E-state index in [9.17, 15) is 5.11 Å². The molecule has 0 saturated heterocycles. The highest BCUT2D eigenvalue weighted by atomic mass is 35.5. The molecule has 0 spiro atoms. The summed E-state index contributed by atoms with van der Waals surface area (Å²) in [7, 11) is 0. The van der Waals surface area contributed by atoms with Gasteiger partial charge in [0, 0.05) is 0 Å². The Kier molecular flexibility index (Phi) is 2.97. The normalized spacial score (nSPS) is 15.7. The first-order valence-corrected chi connectivity index (χ1v) is 3.82. The van der Waals surface area contributed by atoms with Crippen LogP contribution in [0.1, 0.15) is 18.7 Å². The molecule has 66 valence electrons. The maximum absolute atomic E-state index is 9.31. The van der Waals surface area contributed by atoms with Crippen molar-refractivity contribution in [2.75, 3.05) is 0 Å². The largest absolute Gasteiger partial charge is 0.390 e. The molecule has 4 nitrogen and oxygen atoms in total.